The van der Waals surface area contributed by atoms with Gasteiger partial charge in [-0.1, -0.05) is 30.3 Å². The maximum absolute atomic E-state index is 11.0. The zero-order valence-electron chi connectivity index (χ0n) is 17.1. The average molecular weight is 395 g/mol. The van der Waals surface area contributed by atoms with Crippen LogP contribution in [0.3, 0.4) is 0 Å². The van der Waals surface area contributed by atoms with Crippen LogP contribution < -0.4 is 14.4 Å². The van der Waals surface area contributed by atoms with Crippen LogP contribution in [0.4, 0.5) is 5.69 Å². The lowest BCUT2D eigenvalue weighted by Gasteiger charge is -2.38. The lowest BCUT2D eigenvalue weighted by Crippen LogP contribution is -2.43. The lowest BCUT2D eigenvalue weighted by atomic mass is 9.85. The number of likely N-dealkylation sites (N-methyl/N-ethyl adjacent to an activating group) is 1. The van der Waals surface area contributed by atoms with Gasteiger partial charge in [-0.15, -0.1) is 0 Å². The predicted octanol–water partition coefficient (Wildman–Crippen LogP) is 2.84. The van der Waals surface area contributed by atoms with E-state index in [1.165, 1.54) is 11.1 Å². The first-order valence-electron chi connectivity index (χ1n) is 10.8. The second-order valence-electron chi connectivity index (χ2n) is 8.48. The van der Waals surface area contributed by atoms with Gasteiger partial charge in [0.15, 0.2) is 0 Å². The first-order valence-corrected chi connectivity index (χ1v) is 10.8. The number of aliphatic hydroxyl groups excluding tert-OH is 1. The highest BCUT2D eigenvalue weighted by molar-refractivity contribution is 5.63. The first kappa shape index (κ1) is 18.8. The summed E-state index contributed by atoms with van der Waals surface area (Å²) in [5.74, 6) is 2.20. The Balaban J connectivity index is 1.25. The minimum absolute atomic E-state index is 0.136. The molecule has 5 rings (SSSR count). The van der Waals surface area contributed by atoms with Crippen molar-refractivity contribution in [3.05, 3.63) is 53.1 Å². The van der Waals surface area contributed by atoms with E-state index in [-0.39, 0.29) is 12.0 Å². The zero-order valence-corrected chi connectivity index (χ0v) is 17.1. The SMILES string of the molecule is CN1CCOc2c(C3CCN(CCc4cccc5c4OCC5)CC3O)cccc21. The van der Waals surface area contributed by atoms with Crippen LogP contribution in [-0.2, 0) is 12.8 Å². The highest BCUT2D eigenvalue weighted by Gasteiger charge is 2.32. The van der Waals surface area contributed by atoms with Gasteiger partial charge in [0, 0.05) is 38.0 Å². The Hall–Kier alpha value is -2.24. The topological polar surface area (TPSA) is 45.2 Å². The van der Waals surface area contributed by atoms with Crippen LogP contribution in [0.25, 0.3) is 0 Å². The van der Waals surface area contributed by atoms with Gasteiger partial charge in [-0.3, -0.25) is 0 Å². The van der Waals surface area contributed by atoms with Crippen LogP contribution in [0.5, 0.6) is 11.5 Å². The van der Waals surface area contributed by atoms with E-state index < -0.39 is 0 Å². The van der Waals surface area contributed by atoms with Crippen molar-refractivity contribution in [2.75, 3.05) is 51.3 Å². The van der Waals surface area contributed by atoms with E-state index in [0.29, 0.717) is 13.2 Å². The maximum atomic E-state index is 11.0. The molecule has 154 valence electrons. The third kappa shape index (κ3) is 3.58. The molecule has 0 amide bonds. The van der Waals surface area contributed by atoms with Gasteiger partial charge in [-0.25, -0.2) is 0 Å². The van der Waals surface area contributed by atoms with Crippen LogP contribution in [0.2, 0.25) is 0 Å². The van der Waals surface area contributed by atoms with Crippen molar-refractivity contribution in [1.82, 2.24) is 4.90 Å². The van der Waals surface area contributed by atoms with Crippen molar-refractivity contribution in [3.63, 3.8) is 0 Å². The summed E-state index contributed by atoms with van der Waals surface area (Å²) < 4.78 is 11.9. The Kier molecular flexibility index (Phi) is 5.10. The van der Waals surface area contributed by atoms with Crippen molar-refractivity contribution < 1.29 is 14.6 Å². The summed E-state index contributed by atoms with van der Waals surface area (Å²) in [7, 11) is 2.11. The first-order chi connectivity index (χ1) is 14.2. The Morgan fingerprint density at radius 2 is 1.90 bits per heavy atom. The van der Waals surface area contributed by atoms with Crippen molar-refractivity contribution >= 4 is 5.69 Å². The number of fused-ring (bicyclic) bond motifs is 2. The molecule has 0 radical (unpaired) electrons. The largest absolute Gasteiger partial charge is 0.493 e. The Bertz CT molecular complexity index is 884. The number of anilines is 1. The van der Waals surface area contributed by atoms with Crippen LogP contribution >= 0.6 is 0 Å². The normalized spacial score (nSPS) is 23.9. The van der Waals surface area contributed by atoms with E-state index in [1.54, 1.807) is 0 Å². The second kappa shape index (κ2) is 7.88. The smallest absolute Gasteiger partial charge is 0.146 e. The van der Waals surface area contributed by atoms with Gasteiger partial charge in [0.05, 0.1) is 24.9 Å². The number of β-amino-alcohol motifs (C(OH)–C–C–N with tert-alkyl or cyclic N) is 1. The van der Waals surface area contributed by atoms with Crippen molar-refractivity contribution in [2.24, 2.45) is 0 Å². The molecule has 2 unspecified atom stereocenters. The fraction of sp³-hybridized carbons (Fsp3) is 0.500. The molecule has 1 saturated heterocycles. The number of hydrogen-bond acceptors (Lipinski definition) is 5. The van der Waals surface area contributed by atoms with Crippen molar-refractivity contribution in [2.45, 2.75) is 31.3 Å². The second-order valence-corrected chi connectivity index (χ2v) is 8.48. The maximum Gasteiger partial charge on any atom is 0.146 e. The van der Waals surface area contributed by atoms with Crippen LogP contribution in [-0.4, -0.2) is 62.6 Å². The Morgan fingerprint density at radius 3 is 2.79 bits per heavy atom. The van der Waals surface area contributed by atoms with E-state index in [1.807, 2.05) is 0 Å². The van der Waals surface area contributed by atoms with E-state index in [9.17, 15) is 5.11 Å². The van der Waals surface area contributed by atoms with Crippen LogP contribution in [0, 0.1) is 0 Å². The molecule has 0 bridgehead atoms. The van der Waals surface area contributed by atoms with Gasteiger partial charge in [-0.05, 0) is 36.6 Å². The summed E-state index contributed by atoms with van der Waals surface area (Å²) in [5, 5.41) is 11.0. The Labute approximate surface area is 172 Å². The monoisotopic (exact) mass is 394 g/mol. The molecule has 1 fully saturated rings. The van der Waals surface area contributed by atoms with Gasteiger partial charge in [0.1, 0.15) is 18.1 Å². The molecule has 2 aromatic carbocycles. The average Bonchev–Trinajstić information content (AvgIpc) is 3.22. The number of benzene rings is 2. The predicted molar refractivity (Wildman–Crippen MR) is 114 cm³/mol. The van der Waals surface area contributed by atoms with Gasteiger partial charge in [0.2, 0.25) is 0 Å². The summed E-state index contributed by atoms with van der Waals surface area (Å²) in [5.41, 5.74) is 4.93. The molecule has 2 aromatic rings. The summed E-state index contributed by atoms with van der Waals surface area (Å²) in [6.45, 7) is 5.07. The van der Waals surface area contributed by atoms with Gasteiger partial charge in [0.25, 0.3) is 0 Å². The minimum atomic E-state index is -0.371. The number of ether oxygens (including phenoxy) is 2. The molecule has 3 aliphatic heterocycles. The lowest BCUT2D eigenvalue weighted by molar-refractivity contribution is 0.0508. The van der Waals surface area contributed by atoms with Gasteiger partial charge in [-0.2, -0.15) is 0 Å². The molecule has 3 aliphatic rings. The molecular formula is C24H30N2O3. The van der Waals surface area contributed by atoms with Crippen LogP contribution in [0.15, 0.2) is 36.4 Å². The molecule has 0 saturated carbocycles. The quantitative estimate of drug-likeness (QED) is 0.864. The molecule has 0 aliphatic carbocycles. The number of para-hydroxylation sites is 2. The molecule has 5 heteroatoms. The third-order valence-corrected chi connectivity index (χ3v) is 6.67. The minimum Gasteiger partial charge on any atom is -0.493 e. The summed E-state index contributed by atoms with van der Waals surface area (Å²) in [6.07, 6.45) is 2.57. The summed E-state index contributed by atoms with van der Waals surface area (Å²) in [6, 6.07) is 12.8. The molecule has 0 aromatic heterocycles. The highest BCUT2D eigenvalue weighted by atomic mass is 16.5. The van der Waals surface area contributed by atoms with E-state index >= 15 is 0 Å². The molecule has 5 nitrogen and oxygen atoms in total. The van der Waals surface area contributed by atoms with Gasteiger partial charge < -0.3 is 24.4 Å². The highest BCUT2D eigenvalue weighted by Crippen LogP contribution is 2.41. The number of piperidine rings is 1. The van der Waals surface area contributed by atoms with E-state index in [0.717, 1.165) is 68.3 Å². The standard InChI is InChI=1S/C24H30N2O3/c1-25-13-15-29-24-20(6-3-7-21(24)25)19-9-12-26(16-22(19)27)11-8-17-4-2-5-18-10-14-28-23(17)18/h2-7,19,22,27H,8-16H2,1H3. The zero-order chi connectivity index (χ0) is 19.8. The summed E-state index contributed by atoms with van der Waals surface area (Å²) >= 11 is 0. The molecule has 2 atom stereocenters. The fourth-order valence-corrected chi connectivity index (χ4v) is 5.02. The number of aliphatic hydroxyl groups is 1. The van der Waals surface area contributed by atoms with E-state index in [4.69, 9.17) is 9.47 Å². The van der Waals surface area contributed by atoms with Crippen LogP contribution in [0.1, 0.15) is 29.0 Å². The van der Waals surface area contributed by atoms with E-state index in [2.05, 4.69) is 53.2 Å². The number of rotatable bonds is 4. The molecule has 3 heterocycles. The molecular weight excluding hydrogens is 364 g/mol. The summed E-state index contributed by atoms with van der Waals surface area (Å²) in [4.78, 5) is 4.63. The fourth-order valence-electron chi connectivity index (χ4n) is 5.02. The molecule has 29 heavy (non-hydrogen) atoms. The van der Waals surface area contributed by atoms with Gasteiger partial charge >= 0.3 is 0 Å². The number of hydrogen-bond donors (Lipinski definition) is 1. The number of nitrogens with zero attached hydrogens (tertiary/aromatic N) is 2. The Morgan fingerprint density at radius 1 is 1.03 bits per heavy atom. The molecule has 0 spiro atoms. The van der Waals surface area contributed by atoms with Crippen molar-refractivity contribution in [3.8, 4) is 11.5 Å². The molecule has 1 N–H and O–H groups in total. The number of likely N-dealkylation sites (tertiary alicyclic amines) is 1. The van der Waals surface area contributed by atoms with Crippen molar-refractivity contribution in [1.29, 1.82) is 0 Å². The third-order valence-electron chi connectivity index (χ3n) is 6.67.